The summed E-state index contributed by atoms with van der Waals surface area (Å²) in [4.78, 5) is 12.7. The summed E-state index contributed by atoms with van der Waals surface area (Å²) in [5.41, 5.74) is 2.67. The van der Waals surface area contributed by atoms with Gasteiger partial charge in [0.25, 0.3) is 15.9 Å². The van der Waals surface area contributed by atoms with Crippen LogP contribution in [0.25, 0.3) is 0 Å². The van der Waals surface area contributed by atoms with E-state index < -0.39 is 10.0 Å². The van der Waals surface area contributed by atoms with E-state index in [1.54, 1.807) is 25.1 Å². The largest absolute Gasteiger partial charge is 0.349 e. The fourth-order valence-corrected chi connectivity index (χ4v) is 4.16. The van der Waals surface area contributed by atoms with Gasteiger partial charge in [-0.1, -0.05) is 23.8 Å². The number of piperidine rings is 1. The minimum Gasteiger partial charge on any atom is -0.349 e. The lowest BCUT2D eigenvalue weighted by atomic mass is 10.0. The van der Waals surface area contributed by atoms with Crippen molar-refractivity contribution in [2.24, 2.45) is 0 Å². The predicted molar refractivity (Wildman–Crippen MR) is 114 cm³/mol. The highest BCUT2D eigenvalue weighted by molar-refractivity contribution is 7.92. The van der Waals surface area contributed by atoms with Crippen molar-refractivity contribution in [1.29, 1.82) is 0 Å². The molecule has 1 aliphatic heterocycles. The van der Waals surface area contributed by atoms with Gasteiger partial charge in [0.1, 0.15) is 0 Å². The molecule has 28 heavy (non-hydrogen) atoms. The Hall–Kier alpha value is -2.09. The van der Waals surface area contributed by atoms with Crippen molar-refractivity contribution >= 4 is 34.0 Å². The van der Waals surface area contributed by atoms with Crippen LogP contribution < -0.4 is 15.4 Å². The van der Waals surface area contributed by atoms with Gasteiger partial charge in [-0.25, -0.2) is 8.42 Å². The number of rotatable bonds is 5. The van der Waals surface area contributed by atoms with Crippen LogP contribution in [-0.4, -0.2) is 33.5 Å². The molecule has 3 rings (SSSR count). The fraction of sp³-hybridized carbons (Fsp3) is 0.350. The Bertz CT molecular complexity index is 924. The minimum atomic E-state index is -3.77. The van der Waals surface area contributed by atoms with Crippen molar-refractivity contribution < 1.29 is 13.2 Å². The van der Waals surface area contributed by atoms with Gasteiger partial charge in [-0.15, -0.1) is 12.4 Å². The maximum atomic E-state index is 12.7. The summed E-state index contributed by atoms with van der Waals surface area (Å²) in [6.07, 6.45) is 1.75. The molecule has 0 bridgehead atoms. The Balaban J connectivity index is 0.00000280. The van der Waals surface area contributed by atoms with Gasteiger partial charge in [0, 0.05) is 17.3 Å². The van der Waals surface area contributed by atoms with E-state index in [4.69, 9.17) is 0 Å². The summed E-state index contributed by atoms with van der Waals surface area (Å²) in [5.74, 6) is -0.230. The molecule has 0 spiro atoms. The van der Waals surface area contributed by atoms with Crippen LogP contribution in [0.1, 0.15) is 34.3 Å². The van der Waals surface area contributed by atoms with E-state index in [0.717, 1.165) is 37.1 Å². The zero-order valence-electron chi connectivity index (χ0n) is 16.0. The van der Waals surface area contributed by atoms with Crippen molar-refractivity contribution in [3.63, 3.8) is 0 Å². The number of amides is 1. The topological polar surface area (TPSA) is 87.3 Å². The number of halogens is 1. The van der Waals surface area contributed by atoms with Gasteiger partial charge in [-0.2, -0.15) is 0 Å². The first-order chi connectivity index (χ1) is 12.8. The molecule has 1 aliphatic rings. The molecule has 1 fully saturated rings. The normalized spacial score (nSPS) is 14.8. The Kier molecular flexibility index (Phi) is 7.46. The maximum Gasteiger partial charge on any atom is 0.261 e. The van der Waals surface area contributed by atoms with Gasteiger partial charge < -0.3 is 10.6 Å². The lowest BCUT2D eigenvalue weighted by Crippen LogP contribution is -2.42. The summed E-state index contributed by atoms with van der Waals surface area (Å²) in [5, 5.41) is 6.27. The van der Waals surface area contributed by atoms with Crippen molar-refractivity contribution in [3.8, 4) is 0 Å². The number of hydrogen-bond donors (Lipinski definition) is 3. The van der Waals surface area contributed by atoms with Gasteiger partial charge in [-0.05, 0) is 69.6 Å². The molecule has 0 unspecified atom stereocenters. The molecule has 0 atom stereocenters. The molecule has 6 nitrogen and oxygen atoms in total. The van der Waals surface area contributed by atoms with E-state index in [2.05, 4.69) is 15.4 Å². The highest BCUT2D eigenvalue weighted by Gasteiger charge is 2.21. The number of sulfonamides is 1. The summed E-state index contributed by atoms with van der Waals surface area (Å²) < 4.78 is 28.0. The molecule has 1 amide bonds. The molecule has 2 aromatic carbocycles. The summed E-state index contributed by atoms with van der Waals surface area (Å²) in [6, 6.07) is 11.9. The first-order valence-electron chi connectivity index (χ1n) is 9.07. The molecular weight excluding hydrogens is 398 g/mol. The third-order valence-corrected chi connectivity index (χ3v) is 6.12. The molecule has 1 saturated heterocycles. The van der Waals surface area contributed by atoms with Crippen LogP contribution in [-0.2, 0) is 10.0 Å². The van der Waals surface area contributed by atoms with Gasteiger partial charge >= 0.3 is 0 Å². The lowest BCUT2D eigenvalue weighted by molar-refractivity contribution is 0.0928. The monoisotopic (exact) mass is 423 g/mol. The van der Waals surface area contributed by atoms with Gasteiger partial charge in [0.15, 0.2) is 0 Å². The highest BCUT2D eigenvalue weighted by atomic mass is 35.5. The molecule has 152 valence electrons. The van der Waals surface area contributed by atoms with Crippen LogP contribution in [0.2, 0.25) is 0 Å². The Morgan fingerprint density at radius 1 is 1.04 bits per heavy atom. The quantitative estimate of drug-likeness (QED) is 0.689. The molecule has 8 heteroatoms. The van der Waals surface area contributed by atoms with Crippen LogP contribution in [0.5, 0.6) is 0 Å². The first-order valence-corrected chi connectivity index (χ1v) is 10.6. The standard InChI is InChI=1S/C20H25N3O3S.ClH/c1-14-3-6-17(7-4-14)23-27(25,26)18-8-5-15(2)19(13-18)20(24)22-16-9-11-21-12-10-16;/h3-8,13,16,21,23H,9-12H2,1-2H3,(H,22,24);1H. The van der Waals surface area contributed by atoms with Crippen molar-refractivity contribution in [2.45, 2.75) is 37.6 Å². The molecule has 2 aromatic rings. The van der Waals surface area contributed by atoms with Crippen molar-refractivity contribution in [1.82, 2.24) is 10.6 Å². The zero-order valence-corrected chi connectivity index (χ0v) is 17.6. The average Bonchev–Trinajstić information content (AvgIpc) is 2.64. The maximum absolute atomic E-state index is 12.7. The van der Waals surface area contributed by atoms with E-state index >= 15 is 0 Å². The molecule has 0 radical (unpaired) electrons. The zero-order chi connectivity index (χ0) is 19.4. The van der Waals surface area contributed by atoms with Crippen LogP contribution in [0.4, 0.5) is 5.69 Å². The number of carbonyl (C=O) groups excluding carboxylic acids is 1. The number of carbonyl (C=O) groups is 1. The molecule has 3 N–H and O–H groups in total. The van der Waals surface area contributed by atoms with Crippen LogP contribution in [0, 0.1) is 13.8 Å². The number of anilines is 1. The molecular formula is C20H26ClN3O3S. The molecule has 0 aromatic heterocycles. The fourth-order valence-electron chi connectivity index (χ4n) is 3.08. The van der Waals surface area contributed by atoms with Gasteiger partial charge in [0.05, 0.1) is 4.90 Å². The number of hydrogen-bond acceptors (Lipinski definition) is 4. The van der Waals surface area contributed by atoms with E-state index in [1.165, 1.54) is 12.1 Å². The third kappa shape index (κ3) is 5.47. The van der Waals surface area contributed by atoms with Gasteiger partial charge in [0.2, 0.25) is 0 Å². The summed E-state index contributed by atoms with van der Waals surface area (Å²) in [7, 11) is -3.77. The molecule has 0 saturated carbocycles. The Labute approximate surface area is 172 Å². The smallest absolute Gasteiger partial charge is 0.261 e. The number of aryl methyl sites for hydroxylation is 2. The minimum absolute atomic E-state index is 0. The highest BCUT2D eigenvalue weighted by Crippen LogP contribution is 2.20. The second kappa shape index (κ2) is 9.41. The van der Waals surface area contributed by atoms with Crippen LogP contribution >= 0.6 is 12.4 Å². The SMILES string of the molecule is Cc1ccc(NS(=O)(=O)c2ccc(C)c(C(=O)NC3CCNCC3)c2)cc1.Cl. The summed E-state index contributed by atoms with van der Waals surface area (Å²) in [6.45, 7) is 5.49. The lowest BCUT2D eigenvalue weighted by Gasteiger charge is -2.24. The number of benzene rings is 2. The van der Waals surface area contributed by atoms with Crippen molar-refractivity contribution in [3.05, 3.63) is 59.2 Å². The summed E-state index contributed by atoms with van der Waals surface area (Å²) >= 11 is 0. The van der Waals surface area contributed by atoms with Crippen molar-refractivity contribution in [2.75, 3.05) is 17.8 Å². The third-order valence-electron chi connectivity index (χ3n) is 4.74. The second-order valence-corrected chi connectivity index (χ2v) is 8.63. The van der Waals surface area contributed by atoms with E-state index in [-0.39, 0.29) is 29.3 Å². The predicted octanol–water partition coefficient (Wildman–Crippen LogP) is 3.01. The molecule has 1 heterocycles. The first kappa shape index (κ1) is 22.2. The van der Waals surface area contributed by atoms with E-state index in [1.807, 2.05) is 19.1 Å². The Morgan fingerprint density at radius 3 is 2.32 bits per heavy atom. The van der Waals surface area contributed by atoms with Crippen LogP contribution in [0.3, 0.4) is 0 Å². The van der Waals surface area contributed by atoms with Gasteiger partial charge in [-0.3, -0.25) is 9.52 Å². The number of nitrogens with one attached hydrogen (secondary N) is 3. The average molecular weight is 424 g/mol. The second-order valence-electron chi connectivity index (χ2n) is 6.95. The van der Waals surface area contributed by atoms with Crippen LogP contribution in [0.15, 0.2) is 47.4 Å². The Morgan fingerprint density at radius 2 is 1.68 bits per heavy atom. The van der Waals surface area contributed by atoms with E-state index in [0.29, 0.717) is 11.3 Å². The molecule has 0 aliphatic carbocycles. The van der Waals surface area contributed by atoms with E-state index in [9.17, 15) is 13.2 Å².